The van der Waals surface area contributed by atoms with Crippen molar-refractivity contribution in [3.63, 3.8) is 0 Å². The Morgan fingerprint density at radius 1 is 1.11 bits per heavy atom. The third kappa shape index (κ3) is 5.28. The Hall–Kier alpha value is -2.97. The summed E-state index contributed by atoms with van der Waals surface area (Å²) < 4.78 is 21.5. The lowest BCUT2D eigenvalue weighted by Gasteiger charge is -2.19. The summed E-state index contributed by atoms with van der Waals surface area (Å²) in [6.45, 7) is 0.230. The van der Waals surface area contributed by atoms with Gasteiger partial charge in [-0.25, -0.2) is 4.79 Å². The van der Waals surface area contributed by atoms with E-state index in [4.69, 9.17) is 29.2 Å². The van der Waals surface area contributed by atoms with E-state index in [1.54, 1.807) is 36.4 Å². The molecule has 0 spiro atoms. The summed E-state index contributed by atoms with van der Waals surface area (Å²) in [4.78, 5) is 12.4. The van der Waals surface area contributed by atoms with Gasteiger partial charge in [-0.2, -0.15) is 0 Å². The average molecular weight is 389 g/mol. The van der Waals surface area contributed by atoms with Gasteiger partial charge in [-0.15, -0.1) is 0 Å². The minimum atomic E-state index is -0.622. The summed E-state index contributed by atoms with van der Waals surface area (Å²) in [5.74, 6) is 1.75. The lowest BCUT2D eigenvalue weighted by Crippen LogP contribution is -2.18. The zero-order chi connectivity index (χ0) is 19.8. The van der Waals surface area contributed by atoms with Crippen LogP contribution in [-0.2, 0) is 4.74 Å². The summed E-state index contributed by atoms with van der Waals surface area (Å²) in [6.07, 6.45) is -0.250. The van der Waals surface area contributed by atoms with Crippen LogP contribution in [0.3, 0.4) is 0 Å². The zero-order valence-corrected chi connectivity index (χ0v) is 15.3. The van der Waals surface area contributed by atoms with Gasteiger partial charge in [0.05, 0.1) is 6.61 Å². The number of hydrogen-bond acceptors (Lipinski definition) is 7. The molecule has 0 aromatic heterocycles. The maximum absolute atomic E-state index is 12.4. The number of nitrogens with one attached hydrogen (secondary N) is 1. The van der Waals surface area contributed by atoms with E-state index in [0.29, 0.717) is 35.8 Å². The molecule has 1 atom stereocenters. The average Bonchev–Trinajstić information content (AvgIpc) is 3.17. The molecule has 0 aliphatic carbocycles. The summed E-state index contributed by atoms with van der Waals surface area (Å²) in [6, 6.07) is 12.2. The summed E-state index contributed by atoms with van der Waals surface area (Å²) in [5.41, 5.74) is 1.26. The van der Waals surface area contributed by atoms with Crippen LogP contribution in [0.5, 0.6) is 17.2 Å². The fourth-order valence-corrected chi connectivity index (χ4v) is 2.79. The van der Waals surface area contributed by atoms with Gasteiger partial charge in [-0.05, 0) is 42.7 Å². The number of ether oxygens (including phenoxy) is 4. The van der Waals surface area contributed by atoms with Crippen molar-refractivity contribution in [2.45, 2.75) is 18.9 Å². The second kappa shape index (κ2) is 9.82. The van der Waals surface area contributed by atoms with Crippen LogP contribution in [0, 0.1) is 0 Å². The molecule has 1 aliphatic heterocycles. The van der Waals surface area contributed by atoms with Gasteiger partial charge in [-0.3, -0.25) is 5.32 Å². The highest BCUT2D eigenvalue weighted by Crippen LogP contribution is 2.34. The second-order valence-corrected chi connectivity index (χ2v) is 6.10. The van der Waals surface area contributed by atoms with Crippen molar-refractivity contribution in [2.75, 3.05) is 31.9 Å². The first-order valence-corrected chi connectivity index (χ1v) is 9.01. The molecule has 0 unspecified atom stereocenters. The minimum absolute atomic E-state index is 0.00958. The molecule has 3 rings (SSSR count). The first-order valence-electron chi connectivity index (χ1n) is 9.01. The predicted molar refractivity (Wildman–Crippen MR) is 101 cm³/mol. The third-order valence-electron chi connectivity index (χ3n) is 4.08. The molecule has 0 radical (unpaired) electrons. The fourth-order valence-electron chi connectivity index (χ4n) is 2.79. The van der Waals surface area contributed by atoms with E-state index in [0.717, 1.165) is 5.56 Å². The lowest BCUT2D eigenvalue weighted by molar-refractivity contribution is 0.0992. The normalized spacial score (nSPS) is 13.1. The maximum atomic E-state index is 12.4. The summed E-state index contributed by atoms with van der Waals surface area (Å²) in [7, 11) is 0. The van der Waals surface area contributed by atoms with E-state index < -0.39 is 12.2 Å². The monoisotopic (exact) mass is 389 g/mol. The molecular weight excluding hydrogens is 366 g/mol. The quantitative estimate of drug-likeness (QED) is 0.605. The topological polar surface area (TPSA) is 106 Å². The SMILES string of the molecule is O=C(Nc1ccc2c(c1)OCO2)O[C@@H](CCCO)c1cccc(OCCO)c1. The Kier molecular flexibility index (Phi) is 6.94. The van der Waals surface area contributed by atoms with Crippen LogP contribution >= 0.6 is 0 Å². The number of aliphatic hydroxyl groups excluding tert-OH is 2. The van der Waals surface area contributed by atoms with Gasteiger partial charge in [0, 0.05) is 18.4 Å². The van der Waals surface area contributed by atoms with Gasteiger partial charge >= 0.3 is 6.09 Å². The third-order valence-corrected chi connectivity index (χ3v) is 4.08. The van der Waals surface area contributed by atoms with Gasteiger partial charge < -0.3 is 29.2 Å². The standard InChI is InChI=1S/C20H23NO7/c22-8-2-5-17(14-3-1-4-16(11-14)25-10-9-23)28-20(24)21-15-6-7-18-19(12-15)27-13-26-18/h1,3-4,6-7,11-12,17,22-23H,2,5,8-10,13H2,(H,21,24)/t17-/m0/s1. The number of amides is 1. The number of anilines is 1. The molecule has 0 saturated heterocycles. The zero-order valence-electron chi connectivity index (χ0n) is 15.3. The van der Waals surface area contributed by atoms with Crippen LogP contribution in [0.4, 0.5) is 10.5 Å². The van der Waals surface area contributed by atoms with Crippen LogP contribution in [0.25, 0.3) is 0 Å². The number of rotatable bonds is 9. The molecule has 8 heteroatoms. The smallest absolute Gasteiger partial charge is 0.412 e. The first-order chi connectivity index (χ1) is 13.7. The van der Waals surface area contributed by atoms with Crippen LogP contribution in [0.2, 0.25) is 0 Å². The van der Waals surface area contributed by atoms with Crippen molar-refractivity contribution >= 4 is 11.8 Å². The van der Waals surface area contributed by atoms with Crippen LogP contribution in [0.1, 0.15) is 24.5 Å². The number of carbonyl (C=O) groups is 1. The van der Waals surface area contributed by atoms with Crippen molar-refractivity contribution < 1.29 is 34.0 Å². The Bertz CT molecular complexity index is 796. The molecule has 2 aromatic carbocycles. The van der Waals surface area contributed by atoms with Crippen molar-refractivity contribution in [2.24, 2.45) is 0 Å². The largest absolute Gasteiger partial charge is 0.491 e. The number of aliphatic hydroxyl groups is 2. The molecule has 1 amide bonds. The van der Waals surface area contributed by atoms with Crippen molar-refractivity contribution in [1.82, 2.24) is 0 Å². The number of benzene rings is 2. The number of fused-ring (bicyclic) bond motifs is 1. The van der Waals surface area contributed by atoms with Crippen molar-refractivity contribution in [3.05, 3.63) is 48.0 Å². The van der Waals surface area contributed by atoms with Gasteiger partial charge in [-0.1, -0.05) is 12.1 Å². The Balaban J connectivity index is 1.67. The van der Waals surface area contributed by atoms with Gasteiger partial charge in [0.2, 0.25) is 6.79 Å². The molecule has 3 N–H and O–H groups in total. The van der Waals surface area contributed by atoms with Crippen LogP contribution in [-0.4, -0.2) is 42.9 Å². The molecule has 8 nitrogen and oxygen atoms in total. The molecule has 1 aliphatic rings. The first kappa shape index (κ1) is 19.8. The summed E-state index contributed by atoms with van der Waals surface area (Å²) in [5, 5.41) is 20.7. The van der Waals surface area contributed by atoms with Crippen molar-refractivity contribution in [1.29, 1.82) is 0 Å². The number of carbonyl (C=O) groups excluding carboxylic acids is 1. The summed E-state index contributed by atoms with van der Waals surface area (Å²) >= 11 is 0. The van der Waals surface area contributed by atoms with E-state index in [9.17, 15) is 4.79 Å². The maximum Gasteiger partial charge on any atom is 0.412 e. The highest BCUT2D eigenvalue weighted by atomic mass is 16.7. The van der Waals surface area contributed by atoms with E-state index in [2.05, 4.69) is 5.32 Å². The Morgan fingerprint density at radius 2 is 1.96 bits per heavy atom. The minimum Gasteiger partial charge on any atom is -0.491 e. The van der Waals surface area contributed by atoms with Crippen LogP contribution < -0.4 is 19.5 Å². The fraction of sp³-hybridized carbons (Fsp3) is 0.350. The molecule has 0 fully saturated rings. The molecule has 2 aromatic rings. The van der Waals surface area contributed by atoms with Crippen molar-refractivity contribution in [3.8, 4) is 17.2 Å². The molecular formula is C20H23NO7. The van der Waals surface area contributed by atoms with Gasteiger partial charge in [0.15, 0.2) is 11.5 Å². The van der Waals surface area contributed by atoms with E-state index in [1.165, 1.54) is 0 Å². The highest BCUT2D eigenvalue weighted by molar-refractivity contribution is 5.85. The molecule has 1 heterocycles. The van der Waals surface area contributed by atoms with E-state index >= 15 is 0 Å². The predicted octanol–water partition coefficient (Wildman–Crippen LogP) is 2.85. The van der Waals surface area contributed by atoms with E-state index in [1.807, 2.05) is 6.07 Å². The molecule has 28 heavy (non-hydrogen) atoms. The van der Waals surface area contributed by atoms with Gasteiger partial charge in [0.1, 0.15) is 18.5 Å². The molecule has 150 valence electrons. The highest BCUT2D eigenvalue weighted by Gasteiger charge is 2.19. The Labute approximate surface area is 162 Å². The Morgan fingerprint density at radius 3 is 2.79 bits per heavy atom. The van der Waals surface area contributed by atoms with Crippen LogP contribution in [0.15, 0.2) is 42.5 Å². The second-order valence-electron chi connectivity index (χ2n) is 6.10. The lowest BCUT2D eigenvalue weighted by atomic mass is 10.0. The molecule has 0 saturated carbocycles. The number of hydrogen-bond donors (Lipinski definition) is 3. The van der Waals surface area contributed by atoms with Gasteiger partial charge in [0.25, 0.3) is 0 Å². The molecule has 0 bridgehead atoms. The van der Waals surface area contributed by atoms with E-state index in [-0.39, 0.29) is 26.6 Å².